The number of nitrogens with one attached hydrogen (secondary N) is 1. The first kappa shape index (κ1) is 11.6. The van der Waals surface area contributed by atoms with Gasteiger partial charge in [0.1, 0.15) is 10.7 Å². The summed E-state index contributed by atoms with van der Waals surface area (Å²) in [4.78, 5) is 15.7. The SMILES string of the molecule is CCCNC(=O)c1ccc(C(N)=S)cn1. The second-order valence-electron chi connectivity index (χ2n) is 3.05. The molecule has 1 aromatic rings. The molecule has 0 aliphatic carbocycles. The van der Waals surface area contributed by atoms with Gasteiger partial charge in [-0.25, -0.2) is 0 Å². The molecular formula is C10H13N3OS. The molecule has 0 saturated heterocycles. The quantitative estimate of drug-likeness (QED) is 0.743. The van der Waals surface area contributed by atoms with Crippen molar-refractivity contribution in [3.63, 3.8) is 0 Å². The Hall–Kier alpha value is -1.49. The van der Waals surface area contributed by atoms with E-state index in [1.807, 2.05) is 6.92 Å². The third kappa shape index (κ3) is 3.28. The van der Waals surface area contributed by atoms with Gasteiger partial charge in [0.05, 0.1) is 0 Å². The number of thiocarbonyl (C=S) groups is 1. The van der Waals surface area contributed by atoms with Crippen molar-refractivity contribution in [1.82, 2.24) is 10.3 Å². The van der Waals surface area contributed by atoms with E-state index in [4.69, 9.17) is 18.0 Å². The normalized spacial score (nSPS) is 9.67. The van der Waals surface area contributed by atoms with Crippen molar-refractivity contribution < 1.29 is 4.79 Å². The van der Waals surface area contributed by atoms with Crippen molar-refractivity contribution in [1.29, 1.82) is 0 Å². The van der Waals surface area contributed by atoms with Gasteiger partial charge >= 0.3 is 0 Å². The Morgan fingerprint density at radius 3 is 2.80 bits per heavy atom. The summed E-state index contributed by atoms with van der Waals surface area (Å²) in [6, 6.07) is 3.30. The van der Waals surface area contributed by atoms with Crippen LogP contribution in [0.2, 0.25) is 0 Å². The first-order valence-corrected chi connectivity index (χ1v) is 5.10. The summed E-state index contributed by atoms with van der Waals surface area (Å²) in [6.45, 7) is 2.64. The molecule has 0 radical (unpaired) electrons. The molecule has 0 bridgehead atoms. The lowest BCUT2D eigenvalue weighted by molar-refractivity contribution is 0.0948. The molecule has 80 valence electrons. The monoisotopic (exact) mass is 223 g/mol. The van der Waals surface area contributed by atoms with Gasteiger partial charge in [-0.3, -0.25) is 9.78 Å². The van der Waals surface area contributed by atoms with Gasteiger partial charge in [0.15, 0.2) is 0 Å². The van der Waals surface area contributed by atoms with E-state index >= 15 is 0 Å². The van der Waals surface area contributed by atoms with Crippen molar-refractivity contribution in [3.8, 4) is 0 Å². The van der Waals surface area contributed by atoms with Gasteiger partial charge in [0.25, 0.3) is 5.91 Å². The Bertz CT molecular complexity index is 361. The van der Waals surface area contributed by atoms with E-state index in [1.54, 1.807) is 12.1 Å². The highest BCUT2D eigenvalue weighted by molar-refractivity contribution is 7.80. The predicted molar refractivity (Wildman–Crippen MR) is 62.7 cm³/mol. The fraction of sp³-hybridized carbons (Fsp3) is 0.300. The zero-order valence-corrected chi connectivity index (χ0v) is 9.30. The van der Waals surface area contributed by atoms with Gasteiger partial charge in [-0.1, -0.05) is 19.1 Å². The highest BCUT2D eigenvalue weighted by Gasteiger charge is 2.06. The van der Waals surface area contributed by atoms with Gasteiger partial charge in [-0.05, 0) is 18.6 Å². The molecular weight excluding hydrogens is 210 g/mol. The third-order valence-corrected chi connectivity index (χ3v) is 2.05. The average Bonchev–Trinajstić information content (AvgIpc) is 2.26. The number of rotatable bonds is 4. The molecule has 1 aromatic heterocycles. The highest BCUT2D eigenvalue weighted by atomic mass is 32.1. The van der Waals surface area contributed by atoms with E-state index in [1.165, 1.54) is 6.20 Å². The van der Waals surface area contributed by atoms with E-state index in [0.717, 1.165) is 6.42 Å². The van der Waals surface area contributed by atoms with Crippen molar-refractivity contribution in [2.75, 3.05) is 6.54 Å². The number of hydrogen-bond donors (Lipinski definition) is 2. The molecule has 5 heteroatoms. The lowest BCUT2D eigenvalue weighted by Crippen LogP contribution is -2.25. The van der Waals surface area contributed by atoms with Crippen LogP contribution in [0.3, 0.4) is 0 Å². The van der Waals surface area contributed by atoms with E-state index in [0.29, 0.717) is 17.8 Å². The van der Waals surface area contributed by atoms with Crippen LogP contribution in [0.4, 0.5) is 0 Å². The van der Waals surface area contributed by atoms with Crippen LogP contribution in [0.1, 0.15) is 29.4 Å². The van der Waals surface area contributed by atoms with Crippen molar-refractivity contribution >= 4 is 23.1 Å². The summed E-state index contributed by atoms with van der Waals surface area (Å²) in [6.07, 6.45) is 2.40. The van der Waals surface area contributed by atoms with Crippen molar-refractivity contribution in [2.45, 2.75) is 13.3 Å². The molecule has 1 amide bonds. The Balaban J connectivity index is 2.71. The first-order chi connectivity index (χ1) is 7.15. The van der Waals surface area contributed by atoms with E-state index in [-0.39, 0.29) is 10.9 Å². The minimum Gasteiger partial charge on any atom is -0.389 e. The molecule has 3 N–H and O–H groups in total. The van der Waals surface area contributed by atoms with Crippen molar-refractivity contribution in [2.24, 2.45) is 5.73 Å². The number of amides is 1. The number of nitrogens with two attached hydrogens (primary N) is 1. The highest BCUT2D eigenvalue weighted by Crippen LogP contribution is 2.00. The van der Waals surface area contributed by atoms with Crippen LogP contribution in [0.5, 0.6) is 0 Å². The van der Waals surface area contributed by atoms with E-state index in [2.05, 4.69) is 10.3 Å². The van der Waals surface area contributed by atoms with Crippen LogP contribution >= 0.6 is 12.2 Å². The second-order valence-corrected chi connectivity index (χ2v) is 3.49. The molecule has 1 rings (SSSR count). The van der Waals surface area contributed by atoms with Crippen LogP contribution in [0.25, 0.3) is 0 Å². The maximum Gasteiger partial charge on any atom is 0.269 e. The molecule has 0 aromatic carbocycles. The third-order valence-electron chi connectivity index (χ3n) is 1.82. The Labute approximate surface area is 93.9 Å². The van der Waals surface area contributed by atoms with Crippen LogP contribution in [-0.4, -0.2) is 22.4 Å². The smallest absolute Gasteiger partial charge is 0.269 e. The molecule has 4 nitrogen and oxygen atoms in total. The maximum atomic E-state index is 11.4. The zero-order valence-electron chi connectivity index (χ0n) is 8.49. The Kier molecular flexibility index (Phi) is 4.17. The molecule has 0 atom stereocenters. The van der Waals surface area contributed by atoms with E-state index < -0.39 is 0 Å². The number of pyridine rings is 1. The maximum absolute atomic E-state index is 11.4. The van der Waals surface area contributed by atoms with Crippen LogP contribution in [0.15, 0.2) is 18.3 Å². The number of carbonyl (C=O) groups excluding carboxylic acids is 1. The summed E-state index contributed by atoms with van der Waals surface area (Å²) in [5.41, 5.74) is 6.45. The lowest BCUT2D eigenvalue weighted by Gasteiger charge is -2.03. The molecule has 0 unspecified atom stereocenters. The number of nitrogens with zero attached hydrogens (tertiary/aromatic N) is 1. The molecule has 0 fully saturated rings. The summed E-state index contributed by atoms with van der Waals surface area (Å²) < 4.78 is 0. The molecule has 0 aliphatic rings. The van der Waals surface area contributed by atoms with Crippen LogP contribution in [-0.2, 0) is 0 Å². The Morgan fingerprint density at radius 2 is 2.33 bits per heavy atom. The first-order valence-electron chi connectivity index (χ1n) is 4.69. The summed E-state index contributed by atoms with van der Waals surface area (Å²) in [5, 5.41) is 2.73. The number of aromatic nitrogens is 1. The minimum atomic E-state index is -0.175. The molecule has 0 aliphatic heterocycles. The number of hydrogen-bond acceptors (Lipinski definition) is 3. The largest absolute Gasteiger partial charge is 0.389 e. The lowest BCUT2D eigenvalue weighted by atomic mass is 10.2. The summed E-state index contributed by atoms with van der Waals surface area (Å²) >= 11 is 4.78. The standard InChI is InChI=1S/C10H13N3OS/c1-2-5-12-10(14)8-4-3-7(6-13-8)9(11)15/h3-4,6H,2,5H2,1H3,(H2,11,15)(H,12,14). The zero-order chi connectivity index (χ0) is 11.3. The van der Waals surface area contributed by atoms with Gasteiger partial charge in [-0.15, -0.1) is 0 Å². The minimum absolute atomic E-state index is 0.175. The molecule has 15 heavy (non-hydrogen) atoms. The van der Waals surface area contributed by atoms with Crippen LogP contribution < -0.4 is 11.1 Å². The molecule has 0 spiro atoms. The fourth-order valence-corrected chi connectivity index (χ4v) is 1.12. The summed E-state index contributed by atoms with van der Waals surface area (Å²) in [5.74, 6) is -0.175. The molecule has 1 heterocycles. The van der Waals surface area contributed by atoms with Gasteiger partial charge < -0.3 is 11.1 Å². The van der Waals surface area contributed by atoms with Crippen LogP contribution in [0, 0.1) is 0 Å². The number of carbonyl (C=O) groups is 1. The topological polar surface area (TPSA) is 68.0 Å². The average molecular weight is 223 g/mol. The van der Waals surface area contributed by atoms with Gasteiger partial charge in [-0.2, -0.15) is 0 Å². The molecule has 0 saturated carbocycles. The van der Waals surface area contributed by atoms with Gasteiger partial charge in [0, 0.05) is 18.3 Å². The predicted octanol–water partition coefficient (Wildman–Crippen LogP) is 0.856. The fourth-order valence-electron chi connectivity index (χ4n) is 1.00. The van der Waals surface area contributed by atoms with Gasteiger partial charge in [0.2, 0.25) is 0 Å². The van der Waals surface area contributed by atoms with Crippen molar-refractivity contribution in [3.05, 3.63) is 29.6 Å². The van der Waals surface area contributed by atoms with E-state index in [9.17, 15) is 4.79 Å². The Morgan fingerprint density at radius 1 is 1.60 bits per heavy atom. The second kappa shape index (κ2) is 5.41. The summed E-state index contributed by atoms with van der Waals surface area (Å²) in [7, 11) is 0.